The molecule has 1 aromatic carbocycles. The lowest BCUT2D eigenvalue weighted by atomic mass is 10.3. The first kappa shape index (κ1) is 12.2. The molecule has 0 aliphatic heterocycles. The zero-order valence-electron chi connectivity index (χ0n) is 9.23. The van der Waals surface area contributed by atoms with Crippen molar-refractivity contribution < 1.29 is 14.3 Å². The molecule has 0 saturated heterocycles. The average molecular weight is 224 g/mol. The van der Waals surface area contributed by atoms with Gasteiger partial charge in [0.15, 0.2) is 0 Å². The molecule has 5 heteroatoms. The van der Waals surface area contributed by atoms with Crippen LogP contribution in [0.25, 0.3) is 0 Å². The highest BCUT2D eigenvalue weighted by Crippen LogP contribution is 2.13. The standard InChI is InChI=1S/C11H16N2O3/c1-2-15-11(14)13-6-7-16-10-5-3-4-9(12)8-10/h3-5,8H,2,6-7,12H2,1H3,(H,13,14). The molecule has 88 valence electrons. The van der Waals surface area contributed by atoms with Crippen molar-refractivity contribution in [2.75, 3.05) is 25.5 Å². The van der Waals surface area contributed by atoms with E-state index in [0.717, 1.165) is 0 Å². The Balaban J connectivity index is 2.18. The second-order valence-corrected chi connectivity index (χ2v) is 3.07. The molecule has 1 aromatic rings. The topological polar surface area (TPSA) is 73.6 Å². The summed E-state index contributed by atoms with van der Waals surface area (Å²) < 4.78 is 10.1. The molecule has 0 spiro atoms. The molecule has 0 radical (unpaired) electrons. The molecule has 0 aliphatic rings. The Bertz CT molecular complexity index is 342. The minimum absolute atomic E-state index is 0.363. The highest BCUT2D eigenvalue weighted by atomic mass is 16.5. The number of ether oxygens (including phenoxy) is 2. The van der Waals surface area contributed by atoms with Gasteiger partial charge in [-0.15, -0.1) is 0 Å². The Hall–Kier alpha value is -1.91. The molecule has 0 atom stereocenters. The normalized spacial score (nSPS) is 9.56. The van der Waals surface area contributed by atoms with E-state index in [-0.39, 0.29) is 0 Å². The van der Waals surface area contributed by atoms with Crippen LogP contribution in [0.2, 0.25) is 0 Å². The van der Waals surface area contributed by atoms with Crippen LogP contribution in [-0.2, 0) is 4.74 Å². The number of nitrogens with one attached hydrogen (secondary N) is 1. The molecular weight excluding hydrogens is 208 g/mol. The molecule has 1 rings (SSSR count). The highest BCUT2D eigenvalue weighted by molar-refractivity contribution is 5.66. The lowest BCUT2D eigenvalue weighted by Crippen LogP contribution is -2.28. The number of hydrogen-bond donors (Lipinski definition) is 2. The smallest absolute Gasteiger partial charge is 0.407 e. The SMILES string of the molecule is CCOC(=O)NCCOc1cccc(N)c1. The van der Waals surface area contributed by atoms with Gasteiger partial charge in [0.2, 0.25) is 0 Å². The van der Waals surface area contributed by atoms with Gasteiger partial charge < -0.3 is 20.5 Å². The van der Waals surface area contributed by atoms with Gasteiger partial charge in [-0.05, 0) is 19.1 Å². The summed E-state index contributed by atoms with van der Waals surface area (Å²) in [6.07, 6.45) is -0.432. The van der Waals surface area contributed by atoms with Gasteiger partial charge in [-0.25, -0.2) is 4.79 Å². The summed E-state index contributed by atoms with van der Waals surface area (Å²) in [4.78, 5) is 10.9. The molecule has 3 N–H and O–H groups in total. The fourth-order valence-electron chi connectivity index (χ4n) is 1.11. The van der Waals surface area contributed by atoms with E-state index in [1.807, 2.05) is 6.07 Å². The third-order valence-corrected chi connectivity index (χ3v) is 1.77. The van der Waals surface area contributed by atoms with E-state index in [1.165, 1.54) is 0 Å². The Morgan fingerprint density at radius 1 is 1.50 bits per heavy atom. The molecule has 0 aromatic heterocycles. The summed E-state index contributed by atoms with van der Waals surface area (Å²) in [6, 6.07) is 7.12. The van der Waals surface area contributed by atoms with Gasteiger partial charge in [0, 0.05) is 11.8 Å². The number of carbonyl (C=O) groups is 1. The predicted molar refractivity (Wildman–Crippen MR) is 61.4 cm³/mol. The number of anilines is 1. The van der Waals surface area contributed by atoms with E-state index < -0.39 is 6.09 Å². The second kappa shape index (κ2) is 6.55. The molecule has 0 bridgehead atoms. The van der Waals surface area contributed by atoms with Crippen LogP contribution in [0.5, 0.6) is 5.75 Å². The van der Waals surface area contributed by atoms with E-state index in [1.54, 1.807) is 25.1 Å². The van der Waals surface area contributed by atoms with Crippen LogP contribution >= 0.6 is 0 Å². The van der Waals surface area contributed by atoms with Crippen LogP contribution in [-0.4, -0.2) is 25.9 Å². The first-order chi connectivity index (χ1) is 7.72. The van der Waals surface area contributed by atoms with Crippen LogP contribution in [0.1, 0.15) is 6.92 Å². The second-order valence-electron chi connectivity index (χ2n) is 3.07. The number of benzene rings is 1. The number of nitrogen functional groups attached to an aromatic ring is 1. The average Bonchev–Trinajstić information content (AvgIpc) is 2.25. The Kier molecular flexibility index (Phi) is 4.98. The number of alkyl carbamates (subject to hydrolysis) is 1. The van der Waals surface area contributed by atoms with Gasteiger partial charge >= 0.3 is 6.09 Å². The fraction of sp³-hybridized carbons (Fsp3) is 0.364. The quantitative estimate of drug-likeness (QED) is 0.585. The first-order valence-electron chi connectivity index (χ1n) is 5.11. The third-order valence-electron chi connectivity index (χ3n) is 1.77. The largest absolute Gasteiger partial charge is 0.492 e. The lowest BCUT2D eigenvalue weighted by Gasteiger charge is -2.07. The van der Waals surface area contributed by atoms with E-state index in [2.05, 4.69) is 10.1 Å². The summed E-state index contributed by atoms with van der Waals surface area (Å²) >= 11 is 0. The predicted octanol–water partition coefficient (Wildman–Crippen LogP) is 1.39. The minimum Gasteiger partial charge on any atom is -0.492 e. The van der Waals surface area contributed by atoms with Crippen molar-refractivity contribution in [1.82, 2.24) is 5.32 Å². The van der Waals surface area contributed by atoms with Crippen molar-refractivity contribution in [2.45, 2.75) is 6.92 Å². The molecule has 0 heterocycles. The van der Waals surface area contributed by atoms with Crippen molar-refractivity contribution >= 4 is 11.8 Å². The van der Waals surface area contributed by atoms with Crippen molar-refractivity contribution in [1.29, 1.82) is 0 Å². The van der Waals surface area contributed by atoms with Crippen molar-refractivity contribution in [3.8, 4) is 5.75 Å². The maximum atomic E-state index is 10.9. The maximum Gasteiger partial charge on any atom is 0.407 e. The van der Waals surface area contributed by atoms with E-state index >= 15 is 0 Å². The van der Waals surface area contributed by atoms with E-state index in [0.29, 0.717) is 31.2 Å². The molecule has 5 nitrogen and oxygen atoms in total. The molecular formula is C11H16N2O3. The van der Waals surface area contributed by atoms with E-state index in [4.69, 9.17) is 10.5 Å². The molecule has 0 unspecified atom stereocenters. The van der Waals surface area contributed by atoms with Gasteiger partial charge in [0.25, 0.3) is 0 Å². The fourth-order valence-corrected chi connectivity index (χ4v) is 1.11. The zero-order valence-corrected chi connectivity index (χ0v) is 9.23. The van der Waals surface area contributed by atoms with Crippen molar-refractivity contribution in [3.05, 3.63) is 24.3 Å². The monoisotopic (exact) mass is 224 g/mol. The summed E-state index contributed by atoms with van der Waals surface area (Å²) in [6.45, 7) is 2.89. The number of rotatable bonds is 5. The van der Waals surface area contributed by atoms with E-state index in [9.17, 15) is 4.79 Å². The van der Waals surface area contributed by atoms with Crippen LogP contribution < -0.4 is 15.8 Å². The molecule has 0 fully saturated rings. The maximum absolute atomic E-state index is 10.9. The highest BCUT2D eigenvalue weighted by Gasteiger charge is 1.99. The van der Waals surface area contributed by atoms with Gasteiger partial charge in [-0.3, -0.25) is 0 Å². The summed E-state index contributed by atoms with van der Waals surface area (Å²) in [5.74, 6) is 0.686. The summed E-state index contributed by atoms with van der Waals surface area (Å²) in [7, 11) is 0. The van der Waals surface area contributed by atoms with Gasteiger partial charge in [-0.2, -0.15) is 0 Å². The van der Waals surface area contributed by atoms with Gasteiger partial charge in [0.1, 0.15) is 12.4 Å². The molecule has 16 heavy (non-hydrogen) atoms. The lowest BCUT2D eigenvalue weighted by molar-refractivity contribution is 0.150. The number of nitrogens with two attached hydrogens (primary N) is 1. The number of hydrogen-bond acceptors (Lipinski definition) is 4. The minimum atomic E-state index is -0.432. The zero-order chi connectivity index (χ0) is 11.8. The van der Waals surface area contributed by atoms with Crippen molar-refractivity contribution in [3.63, 3.8) is 0 Å². The van der Waals surface area contributed by atoms with Crippen LogP contribution in [0.15, 0.2) is 24.3 Å². The third kappa shape index (κ3) is 4.54. The van der Waals surface area contributed by atoms with Gasteiger partial charge in [0.05, 0.1) is 13.2 Å². The van der Waals surface area contributed by atoms with Crippen LogP contribution in [0, 0.1) is 0 Å². The Labute approximate surface area is 94.5 Å². The van der Waals surface area contributed by atoms with Crippen LogP contribution in [0.3, 0.4) is 0 Å². The number of carbonyl (C=O) groups excluding carboxylic acids is 1. The Morgan fingerprint density at radius 3 is 3.00 bits per heavy atom. The summed E-state index contributed by atoms with van der Waals surface area (Å²) in [5.41, 5.74) is 6.23. The number of amides is 1. The first-order valence-corrected chi connectivity index (χ1v) is 5.11. The molecule has 1 amide bonds. The van der Waals surface area contributed by atoms with Crippen LogP contribution in [0.4, 0.5) is 10.5 Å². The van der Waals surface area contributed by atoms with Crippen molar-refractivity contribution in [2.24, 2.45) is 0 Å². The summed E-state index contributed by atoms with van der Waals surface area (Å²) in [5, 5.41) is 2.55. The molecule has 0 aliphatic carbocycles. The van der Waals surface area contributed by atoms with Gasteiger partial charge in [-0.1, -0.05) is 6.07 Å². The Morgan fingerprint density at radius 2 is 2.31 bits per heavy atom. The molecule has 0 saturated carbocycles.